The Morgan fingerprint density at radius 1 is 1.70 bits per heavy atom. The van der Waals surface area contributed by atoms with Crippen LogP contribution < -0.4 is 5.32 Å². The summed E-state index contributed by atoms with van der Waals surface area (Å²) in [5, 5.41) is 5.28. The highest BCUT2D eigenvalue weighted by Gasteiger charge is 2.17. The number of aromatic nitrogens is 1. The number of anilines is 1. The summed E-state index contributed by atoms with van der Waals surface area (Å²) in [5.41, 5.74) is 1.11. The van der Waals surface area contributed by atoms with Crippen molar-refractivity contribution in [1.29, 1.82) is 0 Å². The number of ether oxygens (including phenoxy) is 1. The standard InChI is InChI=1S/C6H8N2OS/c1-5(4-10-7-1)8-6-2-9-3-6/h1,4,6,8H,2-3H2. The van der Waals surface area contributed by atoms with Crippen LogP contribution in [0.2, 0.25) is 0 Å². The SMILES string of the molecule is c1nscc1NC1COC1. The highest BCUT2D eigenvalue weighted by molar-refractivity contribution is 7.04. The van der Waals surface area contributed by atoms with Gasteiger partial charge >= 0.3 is 0 Å². The monoisotopic (exact) mass is 156 g/mol. The Bertz CT molecular complexity index is 196. The van der Waals surface area contributed by atoms with Gasteiger partial charge in [0.15, 0.2) is 0 Å². The van der Waals surface area contributed by atoms with Crippen molar-refractivity contribution in [3.63, 3.8) is 0 Å². The van der Waals surface area contributed by atoms with E-state index in [0.29, 0.717) is 6.04 Å². The van der Waals surface area contributed by atoms with E-state index >= 15 is 0 Å². The van der Waals surface area contributed by atoms with Crippen LogP contribution >= 0.6 is 11.5 Å². The topological polar surface area (TPSA) is 34.2 Å². The summed E-state index contributed by atoms with van der Waals surface area (Å²) in [6.45, 7) is 1.66. The molecule has 0 radical (unpaired) electrons. The summed E-state index contributed by atoms with van der Waals surface area (Å²) >= 11 is 1.46. The molecule has 0 atom stereocenters. The normalized spacial score (nSPS) is 18.4. The van der Waals surface area contributed by atoms with Crippen molar-refractivity contribution < 1.29 is 4.74 Å². The van der Waals surface area contributed by atoms with Crippen molar-refractivity contribution in [3.05, 3.63) is 11.6 Å². The molecule has 1 N–H and O–H groups in total. The fourth-order valence-corrected chi connectivity index (χ4v) is 1.31. The molecule has 54 valence electrons. The van der Waals surface area contributed by atoms with Gasteiger partial charge in [-0.15, -0.1) is 0 Å². The van der Waals surface area contributed by atoms with Crippen molar-refractivity contribution in [2.75, 3.05) is 18.5 Å². The summed E-state index contributed by atoms with van der Waals surface area (Å²) in [5.74, 6) is 0. The van der Waals surface area contributed by atoms with Crippen LogP contribution in [0.4, 0.5) is 5.69 Å². The summed E-state index contributed by atoms with van der Waals surface area (Å²) < 4.78 is 8.98. The van der Waals surface area contributed by atoms with E-state index in [4.69, 9.17) is 4.74 Å². The lowest BCUT2D eigenvalue weighted by Crippen LogP contribution is -2.40. The van der Waals surface area contributed by atoms with Crippen LogP contribution in [0.1, 0.15) is 0 Å². The molecule has 2 rings (SSSR count). The maximum Gasteiger partial charge on any atom is 0.0729 e. The minimum Gasteiger partial charge on any atom is -0.377 e. The van der Waals surface area contributed by atoms with Crippen LogP contribution in [-0.4, -0.2) is 23.6 Å². The van der Waals surface area contributed by atoms with Gasteiger partial charge in [-0.1, -0.05) is 0 Å². The zero-order chi connectivity index (χ0) is 6.81. The van der Waals surface area contributed by atoms with Gasteiger partial charge in [0, 0.05) is 5.38 Å². The second kappa shape index (κ2) is 2.56. The minimum absolute atomic E-state index is 0.511. The summed E-state index contributed by atoms with van der Waals surface area (Å²) in [6, 6.07) is 0.511. The van der Waals surface area contributed by atoms with E-state index in [-0.39, 0.29) is 0 Å². The number of rotatable bonds is 2. The third-order valence-electron chi connectivity index (χ3n) is 1.44. The molecule has 1 saturated heterocycles. The maximum atomic E-state index is 5.00. The van der Waals surface area contributed by atoms with Gasteiger partial charge in [0.05, 0.1) is 31.1 Å². The largest absolute Gasteiger partial charge is 0.377 e. The second-order valence-corrected chi connectivity index (χ2v) is 2.95. The lowest BCUT2D eigenvalue weighted by molar-refractivity contribution is 0.0211. The quantitative estimate of drug-likeness (QED) is 0.692. The molecular formula is C6H8N2OS. The third-order valence-corrected chi connectivity index (χ3v) is 2.03. The van der Waals surface area contributed by atoms with E-state index < -0.39 is 0 Å². The van der Waals surface area contributed by atoms with Gasteiger partial charge < -0.3 is 10.1 Å². The van der Waals surface area contributed by atoms with Gasteiger partial charge in [-0.2, -0.15) is 4.37 Å². The summed E-state index contributed by atoms with van der Waals surface area (Å²) in [6.07, 6.45) is 1.84. The molecule has 4 heteroatoms. The smallest absolute Gasteiger partial charge is 0.0729 e. The molecule has 0 amide bonds. The molecule has 1 aliphatic rings. The van der Waals surface area contributed by atoms with Crippen molar-refractivity contribution in [1.82, 2.24) is 4.37 Å². The lowest BCUT2D eigenvalue weighted by Gasteiger charge is -2.26. The first-order valence-electron chi connectivity index (χ1n) is 3.19. The average molecular weight is 156 g/mol. The van der Waals surface area contributed by atoms with Crippen molar-refractivity contribution in [2.24, 2.45) is 0 Å². The molecule has 0 saturated carbocycles. The Morgan fingerprint density at radius 2 is 2.60 bits per heavy atom. The highest BCUT2D eigenvalue weighted by atomic mass is 32.1. The van der Waals surface area contributed by atoms with Crippen LogP contribution in [0.25, 0.3) is 0 Å². The molecule has 0 aliphatic carbocycles. The van der Waals surface area contributed by atoms with Gasteiger partial charge in [0.1, 0.15) is 0 Å². The van der Waals surface area contributed by atoms with Crippen molar-refractivity contribution >= 4 is 17.2 Å². The van der Waals surface area contributed by atoms with Crippen LogP contribution in [0.15, 0.2) is 11.6 Å². The van der Waals surface area contributed by atoms with E-state index in [0.717, 1.165) is 18.9 Å². The van der Waals surface area contributed by atoms with Gasteiger partial charge in [0.25, 0.3) is 0 Å². The zero-order valence-corrected chi connectivity index (χ0v) is 6.23. The van der Waals surface area contributed by atoms with Gasteiger partial charge in [0.2, 0.25) is 0 Å². The van der Waals surface area contributed by atoms with Crippen molar-refractivity contribution in [3.8, 4) is 0 Å². The Morgan fingerprint density at radius 3 is 3.10 bits per heavy atom. The first-order valence-corrected chi connectivity index (χ1v) is 4.02. The third kappa shape index (κ3) is 1.12. The predicted molar refractivity (Wildman–Crippen MR) is 40.3 cm³/mol. The van der Waals surface area contributed by atoms with Crippen molar-refractivity contribution in [2.45, 2.75) is 6.04 Å². The first-order chi connectivity index (χ1) is 4.95. The Hall–Kier alpha value is -0.610. The molecular weight excluding hydrogens is 148 g/mol. The Balaban J connectivity index is 1.90. The van der Waals surface area contributed by atoms with Crippen LogP contribution in [-0.2, 0) is 4.74 Å². The van der Waals surface area contributed by atoms with Gasteiger partial charge in [-0.05, 0) is 11.5 Å². The molecule has 0 unspecified atom stereocenters. The Kier molecular flexibility index (Phi) is 1.56. The molecule has 3 nitrogen and oxygen atoms in total. The Labute approximate surface area is 63.2 Å². The minimum atomic E-state index is 0.511. The second-order valence-electron chi connectivity index (χ2n) is 2.29. The molecule has 0 spiro atoms. The van der Waals surface area contributed by atoms with E-state index in [2.05, 4.69) is 9.69 Å². The van der Waals surface area contributed by atoms with Gasteiger partial charge in [-0.25, -0.2) is 0 Å². The molecule has 0 bridgehead atoms. The number of nitrogens with zero attached hydrogens (tertiary/aromatic N) is 1. The van der Waals surface area contributed by atoms with Crippen LogP contribution in [0.3, 0.4) is 0 Å². The van der Waals surface area contributed by atoms with E-state index in [1.165, 1.54) is 11.5 Å². The van der Waals surface area contributed by atoms with Crippen LogP contribution in [0.5, 0.6) is 0 Å². The lowest BCUT2D eigenvalue weighted by atomic mass is 10.2. The molecule has 1 aromatic rings. The predicted octanol–water partition coefficient (Wildman–Crippen LogP) is 0.954. The maximum absolute atomic E-state index is 5.00. The van der Waals surface area contributed by atoms with E-state index in [1.54, 1.807) is 0 Å². The zero-order valence-electron chi connectivity index (χ0n) is 5.41. The van der Waals surface area contributed by atoms with E-state index in [9.17, 15) is 0 Å². The number of hydrogen-bond donors (Lipinski definition) is 1. The molecule has 0 aromatic carbocycles. The molecule has 2 heterocycles. The summed E-state index contributed by atoms with van der Waals surface area (Å²) in [4.78, 5) is 0. The van der Waals surface area contributed by atoms with E-state index in [1.807, 2.05) is 11.6 Å². The van der Waals surface area contributed by atoms with Crippen LogP contribution in [0, 0.1) is 0 Å². The molecule has 10 heavy (non-hydrogen) atoms. The number of nitrogens with one attached hydrogen (secondary N) is 1. The molecule has 1 aliphatic heterocycles. The first kappa shape index (κ1) is 6.12. The molecule has 1 aromatic heterocycles. The fraction of sp³-hybridized carbons (Fsp3) is 0.500. The highest BCUT2D eigenvalue weighted by Crippen LogP contribution is 2.12. The summed E-state index contributed by atoms with van der Waals surface area (Å²) in [7, 11) is 0. The fourth-order valence-electron chi connectivity index (χ4n) is 0.831. The number of hydrogen-bond acceptors (Lipinski definition) is 4. The van der Waals surface area contributed by atoms with Gasteiger partial charge in [-0.3, -0.25) is 0 Å². The average Bonchev–Trinajstić information content (AvgIpc) is 2.29. The molecule has 1 fully saturated rings.